The summed E-state index contributed by atoms with van der Waals surface area (Å²) < 4.78 is 0. The number of carbonyl (C=O) groups is 1. The molecule has 0 radical (unpaired) electrons. The minimum Gasteiger partial charge on any atom is -0.303 e. The van der Waals surface area contributed by atoms with Crippen molar-refractivity contribution in [1.82, 2.24) is 4.90 Å². The second kappa shape index (κ2) is 6.43. The molecule has 0 saturated carbocycles. The van der Waals surface area contributed by atoms with Crippen LogP contribution in [-0.2, 0) is 11.2 Å². The number of piperidine rings is 1. The van der Waals surface area contributed by atoms with Crippen LogP contribution >= 0.6 is 0 Å². The number of carbonyl (C=O) groups excluding carboxylic acids is 1. The van der Waals surface area contributed by atoms with E-state index in [9.17, 15) is 14.9 Å². The standard InChI is InChI=1S/C14H18N2O3/c17-11-12-4-3-8-15(10-12)9-7-13-5-1-2-6-14(13)16(18)19/h1-2,5-6,11-12H,3-4,7-10H2. The van der Waals surface area contributed by atoms with Gasteiger partial charge in [0.1, 0.15) is 6.29 Å². The Morgan fingerprint density at radius 1 is 1.42 bits per heavy atom. The highest BCUT2D eigenvalue weighted by Gasteiger charge is 2.20. The molecule has 102 valence electrons. The first-order chi connectivity index (χ1) is 9.20. The summed E-state index contributed by atoms with van der Waals surface area (Å²) in [5.41, 5.74) is 0.951. The molecule has 1 aliphatic rings. The van der Waals surface area contributed by atoms with Crippen LogP contribution in [0.5, 0.6) is 0 Å². The minimum atomic E-state index is -0.334. The van der Waals surface area contributed by atoms with Gasteiger partial charge >= 0.3 is 0 Å². The normalized spacial score (nSPS) is 20.1. The van der Waals surface area contributed by atoms with E-state index in [1.165, 1.54) is 0 Å². The number of aldehydes is 1. The molecule has 1 aromatic rings. The third-order valence-electron chi connectivity index (χ3n) is 3.62. The number of nitrogens with zero attached hydrogens (tertiary/aromatic N) is 2. The van der Waals surface area contributed by atoms with Crippen LogP contribution in [0.2, 0.25) is 0 Å². The minimum absolute atomic E-state index is 0.125. The molecule has 0 aromatic heterocycles. The van der Waals surface area contributed by atoms with Crippen LogP contribution in [0.3, 0.4) is 0 Å². The van der Waals surface area contributed by atoms with Gasteiger partial charge in [0.25, 0.3) is 5.69 Å². The van der Waals surface area contributed by atoms with Crippen LogP contribution in [-0.4, -0.2) is 35.7 Å². The summed E-state index contributed by atoms with van der Waals surface area (Å²) in [6, 6.07) is 6.86. The van der Waals surface area contributed by atoms with Crippen LogP contribution in [0, 0.1) is 16.0 Å². The van der Waals surface area contributed by atoms with Crippen molar-refractivity contribution in [1.29, 1.82) is 0 Å². The number of benzene rings is 1. The zero-order chi connectivity index (χ0) is 13.7. The molecular weight excluding hydrogens is 244 g/mol. The van der Waals surface area contributed by atoms with Crippen molar-refractivity contribution in [2.75, 3.05) is 19.6 Å². The lowest BCUT2D eigenvalue weighted by Gasteiger charge is -2.29. The summed E-state index contributed by atoms with van der Waals surface area (Å²) in [4.78, 5) is 23.6. The molecule has 2 rings (SSSR count). The van der Waals surface area contributed by atoms with E-state index in [4.69, 9.17) is 0 Å². The van der Waals surface area contributed by atoms with Gasteiger partial charge < -0.3 is 9.69 Å². The van der Waals surface area contributed by atoms with Crippen LogP contribution in [0.25, 0.3) is 0 Å². The smallest absolute Gasteiger partial charge is 0.272 e. The van der Waals surface area contributed by atoms with Crippen molar-refractivity contribution in [3.8, 4) is 0 Å². The number of nitro benzene ring substituents is 1. The van der Waals surface area contributed by atoms with Gasteiger partial charge in [-0.1, -0.05) is 18.2 Å². The zero-order valence-electron chi connectivity index (χ0n) is 10.8. The van der Waals surface area contributed by atoms with E-state index in [2.05, 4.69) is 4.90 Å². The number of hydrogen-bond acceptors (Lipinski definition) is 4. The maximum Gasteiger partial charge on any atom is 0.272 e. The first kappa shape index (κ1) is 13.7. The van der Waals surface area contributed by atoms with Crippen molar-refractivity contribution in [2.24, 2.45) is 5.92 Å². The summed E-state index contributed by atoms with van der Waals surface area (Å²) >= 11 is 0. The number of para-hydroxylation sites is 1. The van der Waals surface area contributed by atoms with Gasteiger partial charge in [0.2, 0.25) is 0 Å². The van der Waals surface area contributed by atoms with Gasteiger partial charge in [-0.2, -0.15) is 0 Å². The van der Waals surface area contributed by atoms with Crippen molar-refractivity contribution >= 4 is 12.0 Å². The Labute approximate surface area is 112 Å². The molecule has 1 unspecified atom stereocenters. The fourth-order valence-corrected chi connectivity index (χ4v) is 2.58. The number of nitro groups is 1. The predicted molar refractivity (Wildman–Crippen MR) is 72.0 cm³/mol. The fraction of sp³-hybridized carbons (Fsp3) is 0.500. The average Bonchev–Trinajstić information content (AvgIpc) is 2.45. The van der Waals surface area contributed by atoms with E-state index in [1.54, 1.807) is 18.2 Å². The maximum atomic E-state index is 10.9. The summed E-state index contributed by atoms with van der Waals surface area (Å²) in [5, 5.41) is 10.9. The maximum absolute atomic E-state index is 10.9. The molecule has 1 aliphatic heterocycles. The summed E-state index contributed by atoms with van der Waals surface area (Å²) in [6.07, 6.45) is 3.67. The molecule has 0 aliphatic carbocycles. The highest BCUT2D eigenvalue weighted by Crippen LogP contribution is 2.20. The lowest BCUT2D eigenvalue weighted by Crippen LogP contribution is -2.37. The molecular formula is C14H18N2O3. The van der Waals surface area contributed by atoms with E-state index < -0.39 is 0 Å². The Morgan fingerprint density at radius 2 is 2.21 bits per heavy atom. The van der Waals surface area contributed by atoms with E-state index in [1.807, 2.05) is 6.07 Å². The topological polar surface area (TPSA) is 63.5 Å². The Morgan fingerprint density at radius 3 is 2.95 bits per heavy atom. The molecule has 0 amide bonds. The van der Waals surface area contributed by atoms with E-state index in [0.29, 0.717) is 6.42 Å². The van der Waals surface area contributed by atoms with Gasteiger partial charge in [0.15, 0.2) is 0 Å². The third kappa shape index (κ3) is 3.61. The molecule has 5 heteroatoms. The van der Waals surface area contributed by atoms with Crippen LogP contribution < -0.4 is 0 Å². The second-order valence-corrected chi connectivity index (χ2v) is 4.97. The van der Waals surface area contributed by atoms with Gasteiger partial charge in [-0.25, -0.2) is 0 Å². The van der Waals surface area contributed by atoms with E-state index in [0.717, 1.165) is 44.3 Å². The van der Waals surface area contributed by atoms with Crippen molar-refractivity contribution in [3.05, 3.63) is 39.9 Å². The van der Waals surface area contributed by atoms with Gasteiger partial charge in [-0.15, -0.1) is 0 Å². The second-order valence-electron chi connectivity index (χ2n) is 4.97. The predicted octanol–water partition coefficient (Wildman–Crippen LogP) is 2.05. The molecule has 0 N–H and O–H groups in total. The number of rotatable bonds is 5. The molecule has 1 aromatic carbocycles. The third-order valence-corrected chi connectivity index (χ3v) is 3.62. The molecule has 0 spiro atoms. The largest absolute Gasteiger partial charge is 0.303 e. The lowest BCUT2D eigenvalue weighted by molar-refractivity contribution is -0.385. The van der Waals surface area contributed by atoms with Crippen LogP contribution in [0.1, 0.15) is 18.4 Å². The SMILES string of the molecule is O=CC1CCCN(CCc2ccccc2[N+](=O)[O-])C1. The molecule has 1 fully saturated rings. The molecule has 5 nitrogen and oxygen atoms in total. The lowest BCUT2D eigenvalue weighted by atomic mass is 9.99. The van der Waals surface area contributed by atoms with Gasteiger partial charge in [-0.3, -0.25) is 10.1 Å². The molecule has 1 saturated heterocycles. The Hall–Kier alpha value is -1.75. The number of likely N-dealkylation sites (tertiary alicyclic amines) is 1. The zero-order valence-corrected chi connectivity index (χ0v) is 10.8. The van der Waals surface area contributed by atoms with Crippen LogP contribution in [0.15, 0.2) is 24.3 Å². The highest BCUT2D eigenvalue weighted by molar-refractivity contribution is 5.53. The molecule has 19 heavy (non-hydrogen) atoms. The Bertz CT molecular complexity index is 462. The van der Waals surface area contributed by atoms with E-state index >= 15 is 0 Å². The fourth-order valence-electron chi connectivity index (χ4n) is 2.58. The van der Waals surface area contributed by atoms with E-state index in [-0.39, 0.29) is 16.5 Å². The Kier molecular flexibility index (Phi) is 4.63. The quantitative estimate of drug-likeness (QED) is 0.463. The van der Waals surface area contributed by atoms with Gasteiger partial charge in [-0.05, 0) is 25.8 Å². The molecule has 1 heterocycles. The average molecular weight is 262 g/mol. The summed E-state index contributed by atoms with van der Waals surface area (Å²) in [6.45, 7) is 2.53. The molecule has 0 bridgehead atoms. The van der Waals surface area contributed by atoms with Gasteiger partial charge in [0, 0.05) is 30.6 Å². The van der Waals surface area contributed by atoms with Crippen molar-refractivity contribution in [3.63, 3.8) is 0 Å². The molecule has 1 atom stereocenters. The van der Waals surface area contributed by atoms with Crippen molar-refractivity contribution < 1.29 is 9.72 Å². The first-order valence-electron chi connectivity index (χ1n) is 6.60. The summed E-state index contributed by atoms with van der Waals surface area (Å²) in [5.74, 6) is 0.125. The van der Waals surface area contributed by atoms with Gasteiger partial charge in [0.05, 0.1) is 4.92 Å². The number of hydrogen-bond donors (Lipinski definition) is 0. The first-order valence-corrected chi connectivity index (χ1v) is 6.60. The van der Waals surface area contributed by atoms with Crippen molar-refractivity contribution in [2.45, 2.75) is 19.3 Å². The highest BCUT2D eigenvalue weighted by atomic mass is 16.6. The Balaban J connectivity index is 1.95. The monoisotopic (exact) mass is 262 g/mol. The summed E-state index contributed by atoms with van der Waals surface area (Å²) in [7, 11) is 0. The van der Waals surface area contributed by atoms with Crippen LogP contribution in [0.4, 0.5) is 5.69 Å².